The number of rotatable bonds is 5. The van der Waals surface area contributed by atoms with E-state index in [1.807, 2.05) is 12.1 Å². The first kappa shape index (κ1) is 19.6. The van der Waals surface area contributed by atoms with E-state index in [4.69, 9.17) is 0 Å². The second-order valence-electron chi connectivity index (χ2n) is 7.91. The van der Waals surface area contributed by atoms with Crippen molar-refractivity contribution in [2.24, 2.45) is 0 Å². The van der Waals surface area contributed by atoms with Gasteiger partial charge in [0.25, 0.3) is 0 Å². The molecule has 28 heavy (non-hydrogen) atoms. The van der Waals surface area contributed by atoms with Gasteiger partial charge >= 0.3 is 0 Å². The molecule has 3 aliphatic rings. The molecule has 0 aliphatic carbocycles. The summed E-state index contributed by atoms with van der Waals surface area (Å²) in [5.41, 5.74) is 0.637. The number of hydrogen-bond donors (Lipinski definition) is 2. The summed E-state index contributed by atoms with van der Waals surface area (Å²) in [6.45, 7) is 3.58. The van der Waals surface area contributed by atoms with Crippen LogP contribution in [0.2, 0.25) is 0 Å². The Morgan fingerprint density at radius 1 is 1.07 bits per heavy atom. The third kappa shape index (κ3) is 4.16. The molecule has 4 heterocycles. The van der Waals surface area contributed by atoms with E-state index in [-0.39, 0.29) is 5.91 Å². The number of amides is 1. The molecule has 2 unspecified atom stereocenters. The Labute approximate surface area is 166 Å². The molecule has 0 radical (unpaired) electrons. The highest BCUT2D eigenvalue weighted by Crippen LogP contribution is 2.24. The highest BCUT2D eigenvalue weighted by atomic mass is 32.2. The lowest BCUT2D eigenvalue weighted by Gasteiger charge is -2.27. The summed E-state index contributed by atoms with van der Waals surface area (Å²) in [5.74, 6) is 0.736. The smallest absolute Gasteiger partial charge is 0.241 e. The van der Waals surface area contributed by atoms with Crippen molar-refractivity contribution in [3.8, 4) is 0 Å². The minimum absolute atomic E-state index is 0.202. The van der Waals surface area contributed by atoms with Crippen LogP contribution < -0.4 is 15.5 Å². The van der Waals surface area contributed by atoms with Crippen LogP contribution in [0, 0.1) is 0 Å². The third-order valence-corrected chi connectivity index (χ3v) is 8.24. The molecule has 1 aromatic rings. The van der Waals surface area contributed by atoms with Gasteiger partial charge in [-0.15, -0.1) is 0 Å². The third-order valence-electron chi connectivity index (χ3n) is 5.95. The Morgan fingerprint density at radius 2 is 1.79 bits per heavy atom. The first-order valence-electron chi connectivity index (χ1n) is 10.3. The molecular formula is C19H29N5O3S. The first-order valence-corrected chi connectivity index (χ1v) is 11.8. The number of pyridine rings is 1. The minimum Gasteiger partial charge on any atom is -0.357 e. The van der Waals surface area contributed by atoms with Crippen LogP contribution in [0.25, 0.3) is 0 Å². The standard InChI is InChI=1S/C19H29N5O3S/c25-19(17-12-16(14-20-17)28(26,27)24-10-4-5-11-24)22-15-6-7-18(21-13-15)23-8-2-1-3-9-23/h6-7,13,16-17,20H,1-5,8-12,14H2,(H,22,25). The van der Waals surface area contributed by atoms with E-state index >= 15 is 0 Å². The van der Waals surface area contributed by atoms with Crippen LogP contribution in [-0.2, 0) is 14.8 Å². The van der Waals surface area contributed by atoms with E-state index in [1.165, 1.54) is 19.3 Å². The normalized spacial score (nSPS) is 26.5. The minimum atomic E-state index is -3.32. The topological polar surface area (TPSA) is 94.6 Å². The number of hydrogen-bond acceptors (Lipinski definition) is 6. The first-order chi connectivity index (χ1) is 13.5. The second kappa shape index (κ2) is 8.34. The molecule has 2 atom stereocenters. The van der Waals surface area contributed by atoms with E-state index < -0.39 is 21.3 Å². The summed E-state index contributed by atoms with van der Waals surface area (Å²) in [6.07, 6.45) is 7.48. The number of piperidine rings is 1. The predicted molar refractivity (Wildman–Crippen MR) is 109 cm³/mol. The van der Waals surface area contributed by atoms with Crippen molar-refractivity contribution in [2.75, 3.05) is 42.9 Å². The second-order valence-corrected chi connectivity index (χ2v) is 10.1. The van der Waals surface area contributed by atoms with E-state index in [0.717, 1.165) is 31.7 Å². The molecule has 154 valence electrons. The van der Waals surface area contributed by atoms with Crippen molar-refractivity contribution in [1.82, 2.24) is 14.6 Å². The van der Waals surface area contributed by atoms with Crippen molar-refractivity contribution in [1.29, 1.82) is 0 Å². The summed E-state index contributed by atoms with van der Waals surface area (Å²) in [7, 11) is -3.32. The van der Waals surface area contributed by atoms with Gasteiger partial charge in [-0.1, -0.05) is 0 Å². The van der Waals surface area contributed by atoms with Gasteiger partial charge in [0.2, 0.25) is 15.9 Å². The molecule has 0 aromatic carbocycles. The highest BCUT2D eigenvalue weighted by molar-refractivity contribution is 7.89. The monoisotopic (exact) mass is 407 g/mol. The maximum Gasteiger partial charge on any atom is 0.241 e. The lowest BCUT2D eigenvalue weighted by atomic mass is 10.1. The maximum absolute atomic E-state index is 12.7. The van der Waals surface area contributed by atoms with Gasteiger partial charge in [-0.2, -0.15) is 0 Å². The van der Waals surface area contributed by atoms with E-state index in [2.05, 4.69) is 20.5 Å². The summed E-state index contributed by atoms with van der Waals surface area (Å²) in [4.78, 5) is 19.3. The number of aromatic nitrogens is 1. The molecule has 4 rings (SSSR count). The predicted octanol–water partition coefficient (Wildman–Crippen LogP) is 1.17. The van der Waals surface area contributed by atoms with Crippen LogP contribution in [0.4, 0.5) is 11.5 Å². The van der Waals surface area contributed by atoms with Gasteiger partial charge in [0.1, 0.15) is 5.82 Å². The lowest BCUT2D eigenvalue weighted by Crippen LogP contribution is -2.37. The molecule has 2 N–H and O–H groups in total. The van der Waals surface area contributed by atoms with Crippen LogP contribution in [0.15, 0.2) is 18.3 Å². The summed E-state index contributed by atoms with van der Waals surface area (Å²) in [5, 5.41) is 5.41. The van der Waals surface area contributed by atoms with Gasteiger partial charge in [-0.25, -0.2) is 17.7 Å². The number of nitrogens with zero attached hydrogens (tertiary/aromatic N) is 3. The fraction of sp³-hybridized carbons (Fsp3) is 0.684. The molecular weight excluding hydrogens is 378 g/mol. The number of nitrogens with one attached hydrogen (secondary N) is 2. The molecule has 8 nitrogen and oxygen atoms in total. The summed E-state index contributed by atoms with van der Waals surface area (Å²) < 4.78 is 27.0. The molecule has 0 spiro atoms. The Hall–Kier alpha value is -1.71. The van der Waals surface area contributed by atoms with Crippen LogP contribution in [-0.4, -0.2) is 67.6 Å². The van der Waals surface area contributed by atoms with Crippen molar-refractivity contribution < 1.29 is 13.2 Å². The van der Waals surface area contributed by atoms with Crippen LogP contribution in [0.1, 0.15) is 38.5 Å². The van der Waals surface area contributed by atoms with Crippen molar-refractivity contribution in [2.45, 2.75) is 49.8 Å². The van der Waals surface area contributed by atoms with E-state index in [9.17, 15) is 13.2 Å². The maximum atomic E-state index is 12.7. The highest BCUT2D eigenvalue weighted by Gasteiger charge is 2.40. The number of anilines is 2. The van der Waals surface area contributed by atoms with Crippen molar-refractivity contribution in [3.05, 3.63) is 18.3 Å². The molecule has 0 saturated carbocycles. The van der Waals surface area contributed by atoms with Gasteiger partial charge in [-0.3, -0.25) is 4.79 Å². The quantitative estimate of drug-likeness (QED) is 0.761. The van der Waals surface area contributed by atoms with Gasteiger partial charge < -0.3 is 15.5 Å². The lowest BCUT2D eigenvalue weighted by molar-refractivity contribution is -0.117. The van der Waals surface area contributed by atoms with Gasteiger partial charge in [0, 0.05) is 32.7 Å². The zero-order chi connectivity index (χ0) is 19.6. The molecule has 3 fully saturated rings. The Balaban J connectivity index is 1.32. The molecule has 1 aromatic heterocycles. The fourth-order valence-electron chi connectivity index (χ4n) is 4.28. The summed E-state index contributed by atoms with van der Waals surface area (Å²) >= 11 is 0. The zero-order valence-corrected chi connectivity index (χ0v) is 17.0. The molecule has 1 amide bonds. The number of sulfonamides is 1. The van der Waals surface area contributed by atoms with Crippen LogP contribution in [0.3, 0.4) is 0 Å². The van der Waals surface area contributed by atoms with Crippen LogP contribution >= 0.6 is 0 Å². The Morgan fingerprint density at radius 3 is 2.46 bits per heavy atom. The van der Waals surface area contributed by atoms with Gasteiger partial charge in [0.15, 0.2) is 0 Å². The number of carbonyl (C=O) groups is 1. The summed E-state index contributed by atoms with van der Waals surface area (Å²) in [6, 6.07) is 3.30. The Kier molecular flexibility index (Phi) is 5.84. The zero-order valence-electron chi connectivity index (χ0n) is 16.1. The largest absolute Gasteiger partial charge is 0.357 e. The number of carbonyl (C=O) groups excluding carboxylic acids is 1. The molecule has 0 bridgehead atoms. The van der Waals surface area contributed by atoms with E-state index in [0.29, 0.717) is 31.7 Å². The molecule has 9 heteroatoms. The van der Waals surface area contributed by atoms with Crippen molar-refractivity contribution in [3.63, 3.8) is 0 Å². The van der Waals surface area contributed by atoms with Crippen LogP contribution in [0.5, 0.6) is 0 Å². The molecule has 3 saturated heterocycles. The fourth-order valence-corrected chi connectivity index (χ4v) is 6.21. The average molecular weight is 408 g/mol. The average Bonchev–Trinajstić information content (AvgIpc) is 3.42. The van der Waals surface area contributed by atoms with Gasteiger partial charge in [0.05, 0.1) is 23.2 Å². The Bertz CT molecular complexity index is 786. The van der Waals surface area contributed by atoms with E-state index in [1.54, 1.807) is 10.5 Å². The molecule has 3 aliphatic heterocycles. The van der Waals surface area contributed by atoms with Gasteiger partial charge in [-0.05, 0) is 50.7 Å². The SMILES string of the molecule is O=C(Nc1ccc(N2CCCCC2)nc1)C1CC(S(=O)(=O)N2CCCC2)CN1. The van der Waals surface area contributed by atoms with Crippen molar-refractivity contribution >= 4 is 27.4 Å².